The van der Waals surface area contributed by atoms with Crippen LogP contribution in [0.4, 0.5) is 0 Å². The van der Waals surface area contributed by atoms with Gasteiger partial charge in [0.2, 0.25) is 0 Å². The summed E-state index contributed by atoms with van der Waals surface area (Å²) < 4.78 is 6.21. The molecule has 1 spiro atoms. The normalized spacial score (nSPS) is 58.3. The Balaban J connectivity index is 1.73. The number of fused-ring (bicyclic) bond motifs is 1. The molecule has 4 nitrogen and oxygen atoms in total. The second-order valence-electron chi connectivity index (χ2n) is 9.57. The van der Waals surface area contributed by atoms with Crippen LogP contribution in [0.1, 0.15) is 65.2 Å². The number of Topliss-reactive ketones (excluding diaryl/α,β-unsaturated/α-hetero) is 1. The fourth-order valence-electron chi connectivity index (χ4n) is 7.61. The van der Waals surface area contributed by atoms with Gasteiger partial charge in [-0.25, -0.2) is 0 Å². The Bertz CT molecular complexity index is 712. The molecule has 0 aromatic carbocycles. The molecule has 4 aliphatic carbocycles. The van der Waals surface area contributed by atoms with Gasteiger partial charge in [0, 0.05) is 22.3 Å². The van der Waals surface area contributed by atoms with Crippen LogP contribution in [0.3, 0.4) is 0 Å². The van der Waals surface area contributed by atoms with Crippen LogP contribution in [0.5, 0.6) is 0 Å². The summed E-state index contributed by atoms with van der Waals surface area (Å²) in [5, 5.41) is 10.9. The third kappa shape index (κ3) is 1.20. The van der Waals surface area contributed by atoms with Gasteiger partial charge in [0.25, 0.3) is 0 Å². The number of rotatable bonds is 0. The van der Waals surface area contributed by atoms with Gasteiger partial charge in [-0.2, -0.15) is 0 Å². The van der Waals surface area contributed by atoms with Crippen molar-refractivity contribution >= 4 is 11.8 Å². The molecule has 5 fully saturated rings. The van der Waals surface area contributed by atoms with Crippen molar-refractivity contribution in [3.63, 3.8) is 0 Å². The number of hydrogen-bond acceptors (Lipinski definition) is 4. The second kappa shape index (κ2) is 3.82. The van der Waals surface area contributed by atoms with E-state index in [1.54, 1.807) is 0 Å². The summed E-state index contributed by atoms with van der Waals surface area (Å²) >= 11 is 0. The van der Waals surface area contributed by atoms with Crippen molar-refractivity contribution in [2.24, 2.45) is 22.2 Å². The molecular formula is C20H26O4. The highest BCUT2D eigenvalue weighted by molar-refractivity contribution is 6.05. The van der Waals surface area contributed by atoms with Gasteiger partial charge >= 0.3 is 5.97 Å². The Labute approximate surface area is 142 Å². The second-order valence-corrected chi connectivity index (χ2v) is 9.57. The molecule has 1 N–H and O–H groups in total. The third-order valence-corrected chi connectivity index (χ3v) is 9.07. The smallest absolute Gasteiger partial charge is 0.312 e. The average molecular weight is 330 g/mol. The zero-order valence-electron chi connectivity index (χ0n) is 14.6. The molecule has 1 heterocycles. The van der Waals surface area contributed by atoms with E-state index in [9.17, 15) is 14.7 Å². The molecule has 0 aromatic heterocycles. The average Bonchev–Trinajstić information content (AvgIpc) is 2.77. The summed E-state index contributed by atoms with van der Waals surface area (Å²) in [5.74, 6) is 0.177. The van der Waals surface area contributed by atoms with Crippen LogP contribution in [-0.2, 0) is 14.3 Å². The first-order chi connectivity index (χ1) is 11.2. The largest absolute Gasteiger partial charge is 0.458 e. The molecule has 1 saturated heterocycles. The number of carbonyl (C=O) groups is 2. The third-order valence-electron chi connectivity index (χ3n) is 9.07. The van der Waals surface area contributed by atoms with Crippen molar-refractivity contribution in [3.8, 4) is 0 Å². The van der Waals surface area contributed by atoms with Crippen molar-refractivity contribution in [2.45, 2.75) is 76.4 Å². The number of ether oxygens (including phenoxy) is 1. The number of ketones is 1. The lowest BCUT2D eigenvalue weighted by Gasteiger charge is -2.64. The van der Waals surface area contributed by atoms with Gasteiger partial charge in [-0.05, 0) is 58.3 Å². The van der Waals surface area contributed by atoms with Gasteiger partial charge in [-0.15, -0.1) is 0 Å². The molecule has 4 bridgehead atoms. The Morgan fingerprint density at radius 2 is 1.88 bits per heavy atom. The van der Waals surface area contributed by atoms with Crippen LogP contribution in [0.15, 0.2) is 12.2 Å². The lowest BCUT2D eigenvalue weighted by molar-refractivity contribution is -0.230. The Hall–Kier alpha value is -1.16. The minimum absolute atomic E-state index is 0.0352. The first-order valence-corrected chi connectivity index (χ1v) is 9.35. The Kier molecular flexibility index (Phi) is 2.41. The molecular weight excluding hydrogens is 304 g/mol. The predicted octanol–water partition coefficient (Wildman–Crippen LogP) is 2.93. The van der Waals surface area contributed by atoms with Crippen molar-refractivity contribution in [2.75, 3.05) is 0 Å². The SMILES string of the molecule is C=C1C(=O)[C@@]23CC[C@@H]4[C@@]5(C)CCC[C@@]4(OC5=O)[C@@]2(C)CC[C@]1(O)C3. The van der Waals surface area contributed by atoms with Gasteiger partial charge in [0.1, 0.15) is 5.60 Å². The van der Waals surface area contributed by atoms with E-state index in [2.05, 4.69) is 20.4 Å². The van der Waals surface area contributed by atoms with E-state index in [4.69, 9.17) is 4.74 Å². The summed E-state index contributed by atoms with van der Waals surface area (Å²) in [6.07, 6.45) is 6.07. The topological polar surface area (TPSA) is 63.6 Å². The predicted molar refractivity (Wildman–Crippen MR) is 87.0 cm³/mol. The summed E-state index contributed by atoms with van der Waals surface area (Å²) in [6.45, 7) is 8.18. The molecule has 4 saturated carbocycles. The zero-order valence-corrected chi connectivity index (χ0v) is 14.6. The summed E-state index contributed by atoms with van der Waals surface area (Å²) in [4.78, 5) is 26.1. The molecule has 0 aromatic rings. The maximum absolute atomic E-state index is 13.3. The highest BCUT2D eigenvalue weighted by Gasteiger charge is 2.81. The highest BCUT2D eigenvalue weighted by Crippen LogP contribution is 2.77. The monoisotopic (exact) mass is 330 g/mol. The zero-order chi connectivity index (χ0) is 17.2. The molecule has 5 rings (SSSR count). The molecule has 0 amide bonds. The molecule has 4 heteroatoms. The van der Waals surface area contributed by atoms with Crippen LogP contribution in [0, 0.1) is 22.2 Å². The molecule has 5 aliphatic rings. The standard InChI is InChI=1S/C20H26O4/c1-12-14(21)18-8-5-13-16(2)6-4-7-20(13,24-15(16)22)17(18,3)9-10-19(12,23)11-18/h13,23H,1,4-11H2,2-3H3/t13-,16-,17+,18+,19+,20+/m1/s1. The minimum Gasteiger partial charge on any atom is -0.458 e. The Morgan fingerprint density at radius 1 is 1.12 bits per heavy atom. The number of esters is 1. The quantitative estimate of drug-likeness (QED) is 0.548. The van der Waals surface area contributed by atoms with E-state index in [1.807, 2.05) is 0 Å². The first kappa shape index (κ1) is 15.1. The van der Waals surface area contributed by atoms with Crippen molar-refractivity contribution < 1.29 is 19.4 Å². The molecule has 1 aliphatic heterocycles. The van der Waals surface area contributed by atoms with Crippen molar-refractivity contribution in [1.29, 1.82) is 0 Å². The van der Waals surface area contributed by atoms with Crippen LogP contribution >= 0.6 is 0 Å². The molecule has 24 heavy (non-hydrogen) atoms. The van der Waals surface area contributed by atoms with Gasteiger partial charge in [-0.3, -0.25) is 9.59 Å². The molecule has 130 valence electrons. The molecule has 6 atom stereocenters. The van der Waals surface area contributed by atoms with Crippen LogP contribution in [0.2, 0.25) is 0 Å². The van der Waals surface area contributed by atoms with E-state index >= 15 is 0 Å². The number of carbonyl (C=O) groups excluding carboxylic acids is 2. The summed E-state index contributed by atoms with van der Waals surface area (Å²) in [5.41, 5.74) is -2.56. The highest BCUT2D eigenvalue weighted by atomic mass is 16.6. The lowest BCUT2D eigenvalue weighted by atomic mass is 9.39. The van der Waals surface area contributed by atoms with Gasteiger partial charge < -0.3 is 9.84 Å². The molecule has 0 radical (unpaired) electrons. The molecule has 0 unspecified atom stereocenters. The van der Waals surface area contributed by atoms with E-state index in [-0.39, 0.29) is 23.1 Å². The maximum atomic E-state index is 13.3. The first-order valence-electron chi connectivity index (χ1n) is 9.35. The van der Waals surface area contributed by atoms with Crippen LogP contribution < -0.4 is 0 Å². The van der Waals surface area contributed by atoms with E-state index in [0.29, 0.717) is 18.4 Å². The fourth-order valence-corrected chi connectivity index (χ4v) is 7.61. The van der Waals surface area contributed by atoms with E-state index < -0.39 is 22.0 Å². The van der Waals surface area contributed by atoms with Crippen molar-refractivity contribution in [3.05, 3.63) is 12.2 Å². The minimum atomic E-state index is -1.04. The van der Waals surface area contributed by atoms with E-state index in [1.165, 1.54) is 0 Å². The van der Waals surface area contributed by atoms with Gasteiger partial charge in [0.15, 0.2) is 5.78 Å². The lowest BCUT2D eigenvalue weighted by Crippen LogP contribution is -2.67. The fraction of sp³-hybridized carbons (Fsp3) is 0.800. The van der Waals surface area contributed by atoms with Gasteiger partial charge in [0.05, 0.1) is 11.0 Å². The van der Waals surface area contributed by atoms with E-state index in [0.717, 1.165) is 38.5 Å². The number of hydrogen-bond donors (Lipinski definition) is 1. The maximum Gasteiger partial charge on any atom is 0.312 e. The summed E-state index contributed by atoms with van der Waals surface area (Å²) in [7, 11) is 0. The summed E-state index contributed by atoms with van der Waals surface area (Å²) in [6, 6.07) is 0. The van der Waals surface area contributed by atoms with Crippen molar-refractivity contribution in [1.82, 2.24) is 0 Å². The van der Waals surface area contributed by atoms with Gasteiger partial charge in [-0.1, -0.05) is 13.5 Å². The van der Waals surface area contributed by atoms with Crippen LogP contribution in [0.25, 0.3) is 0 Å². The Morgan fingerprint density at radius 3 is 2.62 bits per heavy atom. The van der Waals surface area contributed by atoms with Crippen LogP contribution in [-0.4, -0.2) is 28.1 Å². The number of aliphatic hydroxyl groups is 1.